The smallest absolute Gasteiger partial charge is 0.227 e. The van der Waals surface area contributed by atoms with Crippen LogP contribution in [-0.2, 0) is 9.59 Å². The minimum absolute atomic E-state index is 0.140. The molecule has 1 aliphatic carbocycles. The Morgan fingerprint density at radius 1 is 1.00 bits per heavy atom. The van der Waals surface area contributed by atoms with Crippen LogP contribution in [0.3, 0.4) is 0 Å². The zero-order valence-corrected chi connectivity index (χ0v) is 13.0. The lowest BCUT2D eigenvalue weighted by atomic mass is 9.88. The Labute approximate surface area is 131 Å². The fourth-order valence-corrected chi connectivity index (χ4v) is 3.41. The zero-order chi connectivity index (χ0) is 15.4. The van der Waals surface area contributed by atoms with Gasteiger partial charge in [0.1, 0.15) is 0 Å². The van der Waals surface area contributed by atoms with Crippen molar-refractivity contribution in [3.8, 4) is 0 Å². The van der Waals surface area contributed by atoms with E-state index in [0.29, 0.717) is 6.42 Å². The molecule has 1 aliphatic heterocycles. The Morgan fingerprint density at radius 2 is 1.73 bits per heavy atom. The second kappa shape index (κ2) is 6.95. The van der Waals surface area contributed by atoms with Crippen molar-refractivity contribution < 1.29 is 9.59 Å². The molecule has 2 fully saturated rings. The molecular weight excluding hydrogens is 276 g/mol. The molecule has 3 rings (SSSR count). The van der Waals surface area contributed by atoms with Crippen molar-refractivity contribution in [1.82, 2.24) is 0 Å². The Hall–Kier alpha value is -1.84. The van der Waals surface area contributed by atoms with Crippen LogP contribution in [0, 0.1) is 5.92 Å². The van der Waals surface area contributed by atoms with Crippen molar-refractivity contribution in [2.75, 3.05) is 16.8 Å². The summed E-state index contributed by atoms with van der Waals surface area (Å²) in [6.45, 7) is 0.798. The maximum Gasteiger partial charge on any atom is 0.227 e. The van der Waals surface area contributed by atoms with Gasteiger partial charge in [-0.1, -0.05) is 19.3 Å². The minimum atomic E-state index is 0.140. The number of carbonyl (C=O) groups excluding carboxylic acids is 2. The van der Waals surface area contributed by atoms with Crippen LogP contribution in [0.1, 0.15) is 51.4 Å². The summed E-state index contributed by atoms with van der Waals surface area (Å²) >= 11 is 0. The molecule has 1 saturated heterocycles. The fourth-order valence-electron chi connectivity index (χ4n) is 3.41. The van der Waals surface area contributed by atoms with Crippen LogP contribution < -0.4 is 10.2 Å². The summed E-state index contributed by atoms with van der Waals surface area (Å²) in [5, 5.41) is 3.01. The average molecular weight is 300 g/mol. The normalized spacial score (nSPS) is 20.0. The molecule has 2 aliphatic rings. The number of carbonyl (C=O) groups is 2. The zero-order valence-electron chi connectivity index (χ0n) is 13.0. The summed E-state index contributed by atoms with van der Waals surface area (Å²) in [5.74, 6) is 0.504. The van der Waals surface area contributed by atoms with Crippen molar-refractivity contribution in [1.29, 1.82) is 0 Å². The van der Waals surface area contributed by atoms with Gasteiger partial charge < -0.3 is 10.2 Å². The maximum absolute atomic E-state index is 12.2. The van der Waals surface area contributed by atoms with Gasteiger partial charge in [0.25, 0.3) is 0 Å². The number of amides is 2. The van der Waals surface area contributed by atoms with Crippen LogP contribution in [0.25, 0.3) is 0 Å². The SMILES string of the molecule is O=C(Nc1ccc(N2CCCCC2=O)cc1)C1CCCCC1. The quantitative estimate of drug-likeness (QED) is 0.925. The average Bonchev–Trinajstić information content (AvgIpc) is 2.57. The highest BCUT2D eigenvalue weighted by Crippen LogP contribution is 2.26. The van der Waals surface area contributed by atoms with Gasteiger partial charge in [-0.05, 0) is 49.9 Å². The van der Waals surface area contributed by atoms with E-state index in [4.69, 9.17) is 0 Å². The number of benzene rings is 1. The van der Waals surface area contributed by atoms with E-state index in [1.54, 1.807) is 0 Å². The first-order chi connectivity index (χ1) is 10.7. The van der Waals surface area contributed by atoms with E-state index >= 15 is 0 Å². The van der Waals surface area contributed by atoms with Crippen LogP contribution in [0.15, 0.2) is 24.3 Å². The second-order valence-corrected chi connectivity index (χ2v) is 6.37. The third kappa shape index (κ3) is 3.49. The lowest BCUT2D eigenvalue weighted by molar-refractivity contribution is -0.121. The van der Waals surface area contributed by atoms with Crippen LogP contribution >= 0.6 is 0 Å². The summed E-state index contributed by atoms with van der Waals surface area (Å²) in [5.41, 5.74) is 1.75. The van der Waals surface area contributed by atoms with Crippen molar-refractivity contribution in [2.24, 2.45) is 5.92 Å². The van der Waals surface area contributed by atoms with Crippen molar-refractivity contribution in [3.63, 3.8) is 0 Å². The van der Waals surface area contributed by atoms with E-state index in [0.717, 1.165) is 56.4 Å². The van der Waals surface area contributed by atoms with Crippen molar-refractivity contribution >= 4 is 23.2 Å². The number of nitrogens with one attached hydrogen (secondary N) is 1. The summed E-state index contributed by atoms with van der Waals surface area (Å²) in [7, 11) is 0. The Bertz CT molecular complexity index is 533. The molecule has 0 aromatic heterocycles. The third-order valence-electron chi connectivity index (χ3n) is 4.75. The minimum Gasteiger partial charge on any atom is -0.326 e. The largest absolute Gasteiger partial charge is 0.326 e. The molecule has 118 valence electrons. The van der Waals surface area contributed by atoms with E-state index in [9.17, 15) is 9.59 Å². The molecule has 0 atom stereocenters. The molecule has 1 aromatic carbocycles. The molecule has 4 nitrogen and oxygen atoms in total. The molecule has 0 spiro atoms. The fraction of sp³-hybridized carbons (Fsp3) is 0.556. The topological polar surface area (TPSA) is 49.4 Å². The van der Waals surface area contributed by atoms with E-state index in [-0.39, 0.29) is 17.7 Å². The van der Waals surface area contributed by atoms with Crippen LogP contribution in [0.2, 0.25) is 0 Å². The van der Waals surface area contributed by atoms with Gasteiger partial charge in [0.05, 0.1) is 0 Å². The number of anilines is 2. The number of hydrogen-bond donors (Lipinski definition) is 1. The molecule has 0 bridgehead atoms. The standard InChI is InChI=1S/C18H24N2O2/c21-17-8-4-5-13-20(17)16-11-9-15(10-12-16)19-18(22)14-6-2-1-3-7-14/h9-12,14H,1-8,13H2,(H,19,22). The van der Waals surface area contributed by atoms with Gasteiger partial charge in [0.15, 0.2) is 0 Å². The lowest BCUT2D eigenvalue weighted by Crippen LogP contribution is -2.35. The molecule has 4 heteroatoms. The van der Waals surface area contributed by atoms with E-state index in [1.807, 2.05) is 29.2 Å². The van der Waals surface area contributed by atoms with Crippen molar-refractivity contribution in [3.05, 3.63) is 24.3 Å². The van der Waals surface area contributed by atoms with E-state index in [2.05, 4.69) is 5.32 Å². The van der Waals surface area contributed by atoms with E-state index in [1.165, 1.54) is 6.42 Å². The Kier molecular flexibility index (Phi) is 4.76. The summed E-state index contributed by atoms with van der Waals surface area (Å²) < 4.78 is 0. The van der Waals surface area contributed by atoms with Crippen LogP contribution in [0.5, 0.6) is 0 Å². The first-order valence-corrected chi connectivity index (χ1v) is 8.45. The third-order valence-corrected chi connectivity index (χ3v) is 4.75. The Balaban J connectivity index is 1.61. The highest BCUT2D eigenvalue weighted by molar-refractivity contribution is 5.95. The Morgan fingerprint density at radius 3 is 2.41 bits per heavy atom. The number of rotatable bonds is 3. The highest BCUT2D eigenvalue weighted by Gasteiger charge is 2.22. The number of piperidine rings is 1. The first kappa shape index (κ1) is 15.1. The monoisotopic (exact) mass is 300 g/mol. The predicted molar refractivity (Wildman–Crippen MR) is 87.9 cm³/mol. The molecule has 0 unspecified atom stereocenters. The van der Waals surface area contributed by atoms with E-state index < -0.39 is 0 Å². The summed E-state index contributed by atoms with van der Waals surface area (Å²) in [6.07, 6.45) is 8.28. The summed E-state index contributed by atoms with van der Waals surface area (Å²) in [6, 6.07) is 7.66. The lowest BCUT2D eigenvalue weighted by Gasteiger charge is -2.27. The predicted octanol–water partition coefficient (Wildman–Crippen LogP) is 3.72. The van der Waals surface area contributed by atoms with Crippen LogP contribution in [0.4, 0.5) is 11.4 Å². The molecule has 0 radical (unpaired) electrons. The van der Waals surface area contributed by atoms with Gasteiger partial charge in [-0.15, -0.1) is 0 Å². The van der Waals surface area contributed by atoms with Gasteiger partial charge >= 0.3 is 0 Å². The number of nitrogens with zero attached hydrogens (tertiary/aromatic N) is 1. The van der Waals surface area contributed by atoms with Gasteiger partial charge in [0.2, 0.25) is 11.8 Å². The van der Waals surface area contributed by atoms with Gasteiger partial charge in [-0.2, -0.15) is 0 Å². The molecule has 1 heterocycles. The molecule has 1 aromatic rings. The van der Waals surface area contributed by atoms with Gasteiger partial charge in [-0.25, -0.2) is 0 Å². The van der Waals surface area contributed by atoms with Gasteiger partial charge in [0, 0.05) is 30.3 Å². The second-order valence-electron chi connectivity index (χ2n) is 6.37. The van der Waals surface area contributed by atoms with Crippen molar-refractivity contribution in [2.45, 2.75) is 51.4 Å². The maximum atomic E-state index is 12.2. The van der Waals surface area contributed by atoms with Gasteiger partial charge in [-0.3, -0.25) is 9.59 Å². The number of hydrogen-bond acceptors (Lipinski definition) is 2. The summed E-state index contributed by atoms with van der Waals surface area (Å²) in [4.78, 5) is 26.0. The molecular formula is C18H24N2O2. The molecule has 1 N–H and O–H groups in total. The first-order valence-electron chi connectivity index (χ1n) is 8.45. The molecule has 1 saturated carbocycles. The highest BCUT2D eigenvalue weighted by atomic mass is 16.2. The van der Waals surface area contributed by atoms with Crippen LogP contribution in [-0.4, -0.2) is 18.4 Å². The molecule has 22 heavy (non-hydrogen) atoms. The molecule has 2 amide bonds.